The van der Waals surface area contributed by atoms with Crippen molar-refractivity contribution in [1.82, 2.24) is 0 Å². The molecular weight excluding hydrogens is 703 g/mol. The van der Waals surface area contributed by atoms with E-state index >= 15 is 0 Å². The zero-order valence-electron chi connectivity index (χ0n) is 60.3. The lowest BCUT2D eigenvalue weighted by Gasteiger charge is -2.27. The second-order valence-electron chi connectivity index (χ2n) is 11.5. The third-order valence-corrected chi connectivity index (χ3v) is 10.7. The summed E-state index contributed by atoms with van der Waals surface area (Å²) in [4.78, 5) is 0.442. The van der Waals surface area contributed by atoms with Crippen molar-refractivity contribution >= 4 is 90.9 Å². The highest BCUT2D eigenvalue weighted by molar-refractivity contribution is 7.26. The smallest absolute Gasteiger partial charge is 0.0645 e. The van der Waals surface area contributed by atoms with E-state index in [1.165, 1.54) is 0 Å². The van der Waals surface area contributed by atoms with Crippen molar-refractivity contribution in [2.45, 2.75) is 0 Å². The molecule has 11 aromatic rings. The normalized spacial score (nSPS) is 20.0. The molecule has 2 aromatic heterocycles. The molecule has 0 aliphatic heterocycles. The Bertz CT molecular complexity index is 5080. The van der Waals surface area contributed by atoms with Gasteiger partial charge in [0.1, 0.15) is 0 Å². The molecule has 0 aliphatic carbocycles. The van der Waals surface area contributed by atoms with Gasteiger partial charge in [-0.2, -0.15) is 0 Å². The number of fused-ring (bicyclic) bond motifs is 7. The minimum Gasteiger partial charge on any atom is -0.310 e. The number of anilines is 3. The average Bonchev–Trinajstić information content (AvgIpc) is 1.26. The summed E-state index contributed by atoms with van der Waals surface area (Å²) < 4.78 is 299. The van der Waals surface area contributed by atoms with Gasteiger partial charge in [-0.05, 0) is 86.9 Å². The lowest BCUT2D eigenvalue weighted by Crippen LogP contribution is -2.10. The average molecular weight is 769 g/mol. The zero-order valence-corrected chi connectivity index (χ0v) is 28.9. The van der Waals surface area contributed by atoms with Crippen molar-refractivity contribution in [3.05, 3.63) is 199 Å². The molecule has 0 unspecified atom stereocenters. The van der Waals surface area contributed by atoms with E-state index in [4.69, 9.17) is 24.7 Å². The third kappa shape index (κ3) is 5.35. The van der Waals surface area contributed by atoms with Gasteiger partial charge in [0.25, 0.3) is 0 Å². The first-order valence-corrected chi connectivity index (χ1v) is 17.6. The highest BCUT2D eigenvalue weighted by Gasteiger charge is 2.22. The van der Waals surface area contributed by atoms with Crippen LogP contribution in [-0.2, 0) is 0 Å². The van der Waals surface area contributed by atoms with E-state index < -0.39 is 281 Å². The molecule has 0 bridgehead atoms. The van der Waals surface area contributed by atoms with Crippen LogP contribution in [0.25, 0.3) is 84.5 Å². The standard InChI is InChI=1S/C52H33NS2/c1-2-15-37(16-3-1)53(38-28-25-35(26-29-38)40-22-12-14-34-13-4-5-17-39(34)40)47-32-31-45(52-51(47)46-21-9-11-24-49(46)55-52)42-19-7-6-18-41(42)36-27-30-44-43-20-8-10-23-48(43)54-50(44)33-36/h1-33H/i1D,2D,3D,4D,5D,6D,7D,8D,9D,10D,11D,12D,13D,14D,15D,16D,17D,18D,19D,20D,21D,22D,23D,24D,25D,26D,27D,28D,29D,30D,31D,32D,33D. The molecule has 0 N–H and O–H groups in total. The predicted octanol–water partition coefficient (Wildman–Crippen LogP) is 16.0. The van der Waals surface area contributed by atoms with Crippen molar-refractivity contribution < 1.29 is 45.2 Å². The van der Waals surface area contributed by atoms with Gasteiger partial charge in [0.05, 0.1) is 50.9 Å². The number of thiophene rings is 2. The van der Waals surface area contributed by atoms with E-state index in [0.717, 1.165) is 0 Å². The molecule has 0 atom stereocenters. The van der Waals surface area contributed by atoms with E-state index in [1.807, 2.05) is 0 Å². The topological polar surface area (TPSA) is 3.24 Å². The molecule has 0 spiro atoms. The fraction of sp³-hybridized carbons (Fsp3) is 0. The van der Waals surface area contributed by atoms with Crippen molar-refractivity contribution in [2.75, 3.05) is 4.90 Å². The van der Waals surface area contributed by atoms with E-state index in [-0.39, 0.29) is 20.2 Å². The first kappa shape index (κ1) is 13.1. The molecule has 9 aromatic carbocycles. The first-order chi connectivity index (χ1) is 41.0. The number of hydrogen-bond donors (Lipinski definition) is 0. The molecule has 55 heavy (non-hydrogen) atoms. The monoisotopic (exact) mass is 768 g/mol. The molecule has 1 nitrogen and oxygen atoms in total. The summed E-state index contributed by atoms with van der Waals surface area (Å²) in [7, 11) is 0. The minimum atomic E-state index is -1.27. The Morgan fingerprint density at radius 1 is 0.364 bits per heavy atom. The Morgan fingerprint density at radius 2 is 0.964 bits per heavy atom. The number of nitrogens with zero attached hydrogens (tertiary/aromatic N) is 1. The lowest BCUT2D eigenvalue weighted by atomic mass is 9.92. The number of rotatable bonds is 6. The third-order valence-electron chi connectivity index (χ3n) is 8.51. The minimum absolute atomic E-state index is 0.139. The Balaban J connectivity index is 1.36. The summed E-state index contributed by atoms with van der Waals surface area (Å²) >= 11 is 1.01. The Labute approximate surface area is 374 Å². The molecule has 0 amide bonds. The van der Waals surface area contributed by atoms with Crippen LogP contribution in [0.4, 0.5) is 17.1 Å². The van der Waals surface area contributed by atoms with Gasteiger partial charge in [-0.15, -0.1) is 22.7 Å². The summed E-state index contributed by atoms with van der Waals surface area (Å²) in [6.07, 6.45) is 0. The lowest BCUT2D eigenvalue weighted by molar-refractivity contribution is 1.30. The van der Waals surface area contributed by atoms with Gasteiger partial charge in [-0.1, -0.05) is 151 Å². The summed E-state index contributed by atoms with van der Waals surface area (Å²) in [5.41, 5.74) is -7.99. The van der Waals surface area contributed by atoms with Crippen LogP contribution in [-0.4, -0.2) is 0 Å². The van der Waals surface area contributed by atoms with E-state index in [9.17, 15) is 20.6 Å². The Kier molecular flexibility index (Phi) is 3.11. The molecule has 0 aliphatic rings. The molecule has 0 fully saturated rings. The van der Waals surface area contributed by atoms with Crippen molar-refractivity contribution in [3.63, 3.8) is 0 Å². The van der Waals surface area contributed by atoms with Gasteiger partial charge in [-0.3, -0.25) is 0 Å². The maximum absolute atomic E-state index is 10.2. The van der Waals surface area contributed by atoms with Gasteiger partial charge in [0.2, 0.25) is 0 Å². The first-order valence-electron chi connectivity index (χ1n) is 32.5. The van der Waals surface area contributed by atoms with Gasteiger partial charge in [0, 0.05) is 57.3 Å². The molecule has 258 valence electrons. The fourth-order valence-corrected chi connectivity index (χ4v) is 8.24. The van der Waals surface area contributed by atoms with Gasteiger partial charge in [-0.25, -0.2) is 0 Å². The summed E-state index contributed by atoms with van der Waals surface area (Å²) in [6, 6.07) is -32.1. The highest BCUT2D eigenvalue weighted by atomic mass is 32.1. The second-order valence-corrected chi connectivity index (χ2v) is 13.6. The van der Waals surface area contributed by atoms with Crippen LogP contribution in [0, 0.1) is 0 Å². The molecule has 0 saturated carbocycles. The van der Waals surface area contributed by atoms with Crippen LogP contribution in [0.15, 0.2) is 199 Å². The SMILES string of the molecule is [2H]c1c([2H])c([2H])c(N(c2c([2H])c([2H])c(-c3c([2H])c([2H])c([2H])c4c([2H])c([2H])c([2H])c([2H])c34)c([2H])c2[2H])c2c([2H])c([2H])c(-c3c([2H])c([2H])c([2H])c([2H])c3-c3c([2H])c([2H])c4c(sc5c([2H])c([2H])c([2H])c([2H])c54)c3[2H])c3sc4c([2H])c([2H])c([2H])c([2H])c4c23)c([2H])c1[2H]. The molecule has 0 radical (unpaired) electrons. The van der Waals surface area contributed by atoms with Crippen LogP contribution < -0.4 is 4.90 Å². The Hall–Kier alpha value is -6.52. The molecule has 0 saturated heterocycles. The van der Waals surface area contributed by atoms with Crippen LogP contribution in [0.2, 0.25) is 0 Å². The van der Waals surface area contributed by atoms with Crippen LogP contribution >= 0.6 is 22.7 Å². The largest absolute Gasteiger partial charge is 0.310 e. The number of para-hydroxylation sites is 1. The van der Waals surface area contributed by atoms with Crippen molar-refractivity contribution in [3.8, 4) is 33.4 Å². The second kappa shape index (κ2) is 13.1. The van der Waals surface area contributed by atoms with Gasteiger partial charge >= 0.3 is 0 Å². The molecule has 11 rings (SSSR count). The van der Waals surface area contributed by atoms with E-state index in [1.54, 1.807) is 0 Å². The van der Waals surface area contributed by atoms with Gasteiger partial charge in [0.15, 0.2) is 0 Å². The van der Waals surface area contributed by atoms with Crippen LogP contribution in [0.5, 0.6) is 0 Å². The van der Waals surface area contributed by atoms with E-state index in [2.05, 4.69) is 0 Å². The van der Waals surface area contributed by atoms with Crippen molar-refractivity contribution in [1.29, 1.82) is 0 Å². The molecule has 2 heterocycles. The quantitative estimate of drug-likeness (QED) is 0.163. The number of hydrogen-bond acceptors (Lipinski definition) is 3. The highest BCUT2D eigenvalue weighted by Crippen LogP contribution is 2.50. The maximum Gasteiger partial charge on any atom is 0.0645 e. The van der Waals surface area contributed by atoms with Gasteiger partial charge < -0.3 is 4.90 Å². The predicted molar refractivity (Wildman–Crippen MR) is 241 cm³/mol. The molecule has 3 heteroatoms. The summed E-state index contributed by atoms with van der Waals surface area (Å²) in [6.45, 7) is 0. The summed E-state index contributed by atoms with van der Waals surface area (Å²) in [5, 5.41) is -3.12. The number of benzene rings is 9. The zero-order chi connectivity index (χ0) is 65.0. The Morgan fingerprint density at radius 3 is 1.80 bits per heavy atom. The fourth-order valence-electron chi connectivity index (χ4n) is 6.15. The molecular formula is C52H33NS2. The van der Waals surface area contributed by atoms with E-state index in [0.29, 0.717) is 27.6 Å². The van der Waals surface area contributed by atoms with Crippen molar-refractivity contribution in [2.24, 2.45) is 0 Å². The van der Waals surface area contributed by atoms with Crippen LogP contribution in [0.3, 0.4) is 0 Å². The summed E-state index contributed by atoms with van der Waals surface area (Å²) in [5.74, 6) is 0. The van der Waals surface area contributed by atoms with Crippen LogP contribution in [0.1, 0.15) is 45.2 Å². The maximum atomic E-state index is 10.2.